The van der Waals surface area contributed by atoms with Gasteiger partial charge in [0, 0.05) is 9.84 Å². The van der Waals surface area contributed by atoms with Gasteiger partial charge in [0.05, 0.1) is 6.42 Å². The summed E-state index contributed by atoms with van der Waals surface area (Å²) in [5.74, 6) is 0.874. The van der Waals surface area contributed by atoms with Gasteiger partial charge in [-0.1, -0.05) is 28.7 Å². The molecule has 0 spiro atoms. The second kappa shape index (κ2) is 3.01. The number of halogens is 1. The number of hydrogen-bond acceptors (Lipinski definition) is 2. The van der Waals surface area contributed by atoms with Crippen LogP contribution in [0.15, 0.2) is 12.7 Å². The average molecular weight is 278 g/mol. The summed E-state index contributed by atoms with van der Waals surface area (Å²) in [7, 11) is 0. The number of alkyl halides is 1. The molecule has 1 aliphatic heterocycles. The molecule has 1 saturated carbocycles. The lowest BCUT2D eigenvalue weighted by Crippen LogP contribution is -2.18. The zero-order chi connectivity index (χ0) is 8.72. The van der Waals surface area contributed by atoms with Crippen LogP contribution < -0.4 is 0 Å². The van der Waals surface area contributed by atoms with Crippen molar-refractivity contribution in [3.05, 3.63) is 12.7 Å². The van der Waals surface area contributed by atoms with E-state index in [0.29, 0.717) is 22.2 Å². The maximum atomic E-state index is 11.0. The third-order valence-corrected chi connectivity index (χ3v) is 4.02. The van der Waals surface area contributed by atoms with E-state index in [9.17, 15) is 4.79 Å². The molecule has 0 bridgehead atoms. The Kier molecular flexibility index (Phi) is 2.14. The van der Waals surface area contributed by atoms with E-state index >= 15 is 0 Å². The van der Waals surface area contributed by atoms with E-state index in [2.05, 4.69) is 29.2 Å². The molecule has 0 aromatic rings. The van der Waals surface area contributed by atoms with Gasteiger partial charge in [-0.05, 0) is 12.3 Å². The first-order valence-electron chi connectivity index (χ1n) is 4.18. The molecule has 2 fully saturated rings. The Morgan fingerprint density at radius 1 is 1.67 bits per heavy atom. The van der Waals surface area contributed by atoms with Crippen LogP contribution >= 0.6 is 22.6 Å². The minimum Gasteiger partial charge on any atom is -0.461 e. The number of esters is 1. The SMILES string of the molecule is C=C[C@@H]1C[C@@H](I)[C@@H]2OC(=O)C[C@@H]21. The zero-order valence-corrected chi connectivity index (χ0v) is 8.86. The first-order valence-corrected chi connectivity index (χ1v) is 5.43. The molecule has 66 valence electrons. The topological polar surface area (TPSA) is 26.3 Å². The fourth-order valence-electron chi connectivity index (χ4n) is 2.17. The minimum absolute atomic E-state index is 0.0294. The largest absolute Gasteiger partial charge is 0.461 e. The smallest absolute Gasteiger partial charge is 0.306 e. The van der Waals surface area contributed by atoms with E-state index in [1.54, 1.807) is 0 Å². The normalized spacial score (nSPS) is 45.6. The van der Waals surface area contributed by atoms with Crippen LogP contribution in [0.4, 0.5) is 0 Å². The zero-order valence-electron chi connectivity index (χ0n) is 6.70. The predicted molar refractivity (Wildman–Crippen MR) is 54.1 cm³/mol. The van der Waals surface area contributed by atoms with Crippen molar-refractivity contribution in [1.29, 1.82) is 0 Å². The summed E-state index contributed by atoms with van der Waals surface area (Å²) in [6.45, 7) is 3.79. The lowest BCUT2D eigenvalue weighted by molar-refractivity contribution is -0.141. The Morgan fingerprint density at radius 2 is 2.42 bits per heavy atom. The predicted octanol–water partition coefficient (Wildman–Crippen LogP) is 1.93. The van der Waals surface area contributed by atoms with E-state index < -0.39 is 0 Å². The van der Waals surface area contributed by atoms with Gasteiger partial charge >= 0.3 is 5.97 Å². The summed E-state index contributed by atoms with van der Waals surface area (Å²) in [4.78, 5) is 11.0. The second-order valence-corrected chi connectivity index (χ2v) is 5.07. The average Bonchev–Trinajstić information content (AvgIpc) is 2.52. The van der Waals surface area contributed by atoms with Crippen molar-refractivity contribution < 1.29 is 9.53 Å². The molecule has 0 unspecified atom stereocenters. The van der Waals surface area contributed by atoms with Gasteiger partial charge in [0.15, 0.2) is 0 Å². The van der Waals surface area contributed by atoms with Crippen LogP contribution in [0.3, 0.4) is 0 Å². The molecule has 0 aromatic heterocycles. The summed E-state index contributed by atoms with van der Waals surface area (Å²) in [5.41, 5.74) is 0. The summed E-state index contributed by atoms with van der Waals surface area (Å²) in [6, 6.07) is 0. The number of rotatable bonds is 1. The van der Waals surface area contributed by atoms with Crippen molar-refractivity contribution >= 4 is 28.6 Å². The molecule has 4 atom stereocenters. The number of ether oxygens (including phenoxy) is 1. The fourth-order valence-corrected chi connectivity index (χ4v) is 3.44. The lowest BCUT2D eigenvalue weighted by atomic mass is 9.94. The van der Waals surface area contributed by atoms with Crippen LogP contribution in [0, 0.1) is 11.8 Å². The molecule has 2 nitrogen and oxygen atoms in total. The number of hydrogen-bond donors (Lipinski definition) is 0. The van der Waals surface area contributed by atoms with Crippen LogP contribution in [0.5, 0.6) is 0 Å². The number of carbonyl (C=O) groups is 1. The van der Waals surface area contributed by atoms with Gasteiger partial charge in [-0.3, -0.25) is 4.79 Å². The van der Waals surface area contributed by atoms with Gasteiger partial charge < -0.3 is 4.74 Å². The third kappa shape index (κ3) is 1.18. The number of fused-ring (bicyclic) bond motifs is 1. The number of carbonyl (C=O) groups excluding carboxylic acids is 1. The fraction of sp³-hybridized carbons (Fsp3) is 0.667. The van der Waals surface area contributed by atoms with Crippen molar-refractivity contribution in [3.8, 4) is 0 Å². The number of allylic oxidation sites excluding steroid dienone is 1. The highest BCUT2D eigenvalue weighted by Gasteiger charge is 2.48. The summed E-state index contributed by atoms with van der Waals surface area (Å²) in [6.07, 6.45) is 3.85. The second-order valence-electron chi connectivity index (χ2n) is 3.47. The molecular formula is C9H11IO2. The van der Waals surface area contributed by atoms with E-state index in [-0.39, 0.29) is 12.1 Å². The first-order chi connectivity index (χ1) is 5.72. The van der Waals surface area contributed by atoms with Gasteiger partial charge in [0.1, 0.15) is 6.10 Å². The monoisotopic (exact) mass is 278 g/mol. The maximum absolute atomic E-state index is 11.0. The van der Waals surface area contributed by atoms with Gasteiger partial charge in [-0.2, -0.15) is 0 Å². The summed E-state index contributed by atoms with van der Waals surface area (Å²) in [5, 5.41) is 0. The molecule has 1 heterocycles. The van der Waals surface area contributed by atoms with Gasteiger partial charge in [-0.25, -0.2) is 0 Å². The van der Waals surface area contributed by atoms with Crippen molar-refractivity contribution in [2.24, 2.45) is 11.8 Å². The molecule has 2 rings (SSSR count). The molecule has 12 heavy (non-hydrogen) atoms. The maximum Gasteiger partial charge on any atom is 0.306 e. The van der Waals surface area contributed by atoms with Crippen LogP contribution in [-0.2, 0) is 9.53 Å². The van der Waals surface area contributed by atoms with Crippen molar-refractivity contribution in [2.75, 3.05) is 0 Å². The molecule has 0 aromatic carbocycles. The molecule has 0 amide bonds. The molecule has 1 saturated heterocycles. The highest BCUT2D eigenvalue weighted by atomic mass is 127. The van der Waals surface area contributed by atoms with E-state index in [1.165, 1.54) is 0 Å². The Labute approximate surface area is 85.5 Å². The molecule has 2 aliphatic rings. The van der Waals surface area contributed by atoms with Gasteiger partial charge in [0.2, 0.25) is 0 Å². The minimum atomic E-state index is -0.0294. The summed E-state index contributed by atoms with van der Waals surface area (Å²) < 4.78 is 5.72. The van der Waals surface area contributed by atoms with E-state index in [4.69, 9.17) is 4.74 Å². The molecule has 1 aliphatic carbocycles. The molecular weight excluding hydrogens is 267 g/mol. The highest BCUT2D eigenvalue weighted by Crippen LogP contribution is 2.44. The lowest BCUT2D eigenvalue weighted by Gasteiger charge is -2.11. The Hall–Kier alpha value is -0.0600. The van der Waals surface area contributed by atoms with Crippen molar-refractivity contribution in [1.82, 2.24) is 0 Å². The quantitative estimate of drug-likeness (QED) is 0.317. The van der Waals surface area contributed by atoms with Crippen molar-refractivity contribution in [3.63, 3.8) is 0 Å². The Morgan fingerprint density at radius 3 is 3.08 bits per heavy atom. The molecule has 0 radical (unpaired) electrons. The van der Waals surface area contributed by atoms with Crippen molar-refractivity contribution in [2.45, 2.75) is 22.9 Å². The van der Waals surface area contributed by atoms with E-state index in [1.807, 2.05) is 6.08 Å². The van der Waals surface area contributed by atoms with E-state index in [0.717, 1.165) is 6.42 Å². The van der Waals surface area contributed by atoms with Crippen LogP contribution in [0.2, 0.25) is 0 Å². The Balaban J connectivity index is 2.18. The Bertz CT molecular complexity index is 227. The third-order valence-electron chi connectivity index (χ3n) is 2.80. The van der Waals surface area contributed by atoms with Gasteiger partial charge in [-0.15, -0.1) is 6.58 Å². The van der Waals surface area contributed by atoms with Gasteiger partial charge in [0.25, 0.3) is 0 Å². The van der Waals surface area contributed by atoms with Crippen LogP contribution in [-0.4, -0.2) is 16.0 Å². The molecule has 3 heteroatoms. The highest BCUT2D eigenvalue weighted by molar-refractivity contribution is 14.1. The van der Waals surface area contributed by atoms with Crippen LogP contribution in [0.25, 0.3) is 0 Å². The molecule has 0 N–H and O–H groups in total. The summed E-state index contributed by atoms with van der Waals surface area (Å²) >= 11 is 2.37. The van der Waals surface area contributed by atoms with Crippen LogP contribution in [0.1, 0.15) is 12.8 Å². The standard InChI is InChI=1S/C9H11IO2/c1-2-5-3-7(10)9-6(5)4-8(11)12-9/h2,5-7,9H,1,3-4H2/t5-,6-,7-,9-/m1/s1. The first kappa shape index (κ1) is 8.53.